The molecule has 1 aromatic carbocycles. The summed E-state index contributed by atoms with van der Waals surface area (Å²) in [4.78, 5) is 0. The Morgan fingerprint density at radius 3 is 2.29 bits per heavy atom. The summed E-state index contributed by atoms with van der Waals surface area (Å²) in [6.07, 6.45) is 1.26. The molecule has 2 nitrogen and oxygen atoms in total. The predicted octanol–water partition coefficient (Wildman–Crippen LogP) is 2.86. The molecule has 17 heavy (non-hydrogen) atoms. The second-order valence-corrected chi connectivity index (χ2v) is 4.68. The largest absolute Gasteiger partial charge is 0.380 e. The van der Waals surface area contributed by atoms with Crippen LogP contribution in [0.2, 0.25) is 0 Å². The Labute approximate surface area is 105 Å². The molecule has 0 fully saturated rings. The van der Waals surface area contributed by atoms with Crippen LogP contribution in [-0.2, 0) is 11.2 Å². The molecule has 0 amide bonds. The molecule has 0 aliphatic rings. The lowest BCUT2D eigenvalue weighted by molar-refractivity contribution is 0.0835. The second-order valence-electron chi connectivity index (χ2n) is 4.68. The van der Waals surface area contributed by atoms with Gasteiger partial charge in [0.15, 0.2) is 0 Å². The van der Waals surface area contributed by atoms with Crippen LogP contribution in [0.5, 0.6) is 0 Å². The van der Waals surface area contributed by atoms with Gasteiger partial charge >= 0.3 is 0 Å². The van der Waals surface area contributed by atoms with Crippen LogP contribution in [0.4, 0.5) is 0 Å². The number of likely N-dealkylation sites (N-methyl/N-ethyl adjacent to an activating group) is 1. The third-order valence-electron chi connectivity index (χ3n) is 3.47. The van der Waals surface area contributed by atoms with Gasteiger partial charge in [-0.3, -0.25) is 0 Å². The highest BCUT2D eigenvalue weighted by atomic mass is 16.5. The quantitative estimate of drug-likeness (QED) is 0.818. The Balaban J connectivity index is 2.85. The molecule has 0 aliphatic carbocycles. The molecule has 1 aromatic rings. The van der Waals surface area contributed by atoms with Crippen LogP contribution in [0.25, 0.3) is 0 Å². The van der Waals surface area contributed by atoms with Crippen molar-refractivity contribution in [3.05, 3.63) is 34.9 Å². The van der Waals surface area contributed by atoms with Crippen LogP contribution < -0.4 is 5.32 Å². The minimum absolute atomic E-state index is 0.231. The van der Waals surface area contributed by atoms with Crippen molar-refractivity contribution in [2.75, 3.05) is 13.7 Å². The van der Waals surface area contributed by atoms with Crippen molar-refractivity contribution < 1.29 is 4.74 Å². The number of hydrogen-bond acceptors (Lipinski definition) is 2. The van der Waals surface area contributed by atoms with Gasteiger partial charge in [-0.2, -0.15) is 0 Å². The topological polar surface area (TPSA) is 21.3 Å². The molecule has 1 rings (SSSR count). The van der Waals surface area contributed by atoms with Crippen molar-refractivity contribution in [1.82, 2.24) is 5.32 Å². The van der Waals surface area contributed by atoms with E-state index in [1.807, 2.05) is 0 Å². The Bertz CT molecular complexity index is 329. The normalized spacial score (nSPS) is 14.6. The molecule has 2 atom stereocenters. The van der Waals surface area contributed by atoms with Crippen LogP contribution in [0.15, 0.2) is 18.2 Å². The van der Waals surface area contributed by atoms with Crippen molar-refractivity contribution in [2.45, 2.75) is 46.3 Å². The van der Waals surface area contributed by atoms with Gasteiger partial charge in [-0.05, 0) is 50.4 Å². The predicted molar refractivity (Wildman–Crippen MR) is 73.6 cm³/mol. The highest BCUT2D eigenvalue weighted by Gasteiger charge is 2.17. The molecular formula is C15H25NO. The first-order valence-corrected chi connectivity index (χ1v) is 6.41. The summed E-state index contributed by atoms with van der Waals surface area (Å²) in [6, 6.07) is 6.87. The Morgan fingerprint density at radius 1 is 1.24 bits per heavy atom. The van der Waals surface area contributed by atoms with Crippen LogP contribution in [0.3, 0.4) is 0 Å². The van der Waals surface area contributed by atoms with Crippen molar-refractivity contribution in [3.8, 4) is 0 Å². The number of ether oxygens (including phenoxy) is 1. The third kappa shape index (κ3) is 3.83. The fourth-order valence-corrected chi connectivity index (χ4v) is 2.22. The molecule has 0 saturated carbocycles. The zero-order valence-corrected chi connectivity index (χ0v) is 11.7. The smallest absolute Gasteiger partial charge is 0.0699 e. The first-order chi connectivity index (χ1) is 8.10. The lowest BCUT2D eigenvalue weighted by Crippen LogP contribution is -2.41. The summed E-state index contributed by atoms with van der Waals surface area (Å²) in [6.45, 7) is 9.61. The number of nitrogens with one attached hydrogen (secondary N) is 1. The fourth-order valence-electron chi connectivity index (χ4n) is 2.22. The standard InChI is InChI=1S/C15H25NO/c1-6-16-15(13(4)17-5)10-14-11(2)8-7-9-12(14)3/h7-9,13,15-16H,6,10H2,1-5H3. The average molecular weight is 235 g/mol. The minimum atomic E-state index is 0.231. The van der Waals surface area contributed by atoms with E-state index in [1.54, 1.807) is 7.11 Å². The molecule has 0 bridgehead atoms. The van der Waals surface area contributed by atoms with Gasteiger partial charge in [-0.1, -0.05) is 25.1 Å². The summed E-state index contributed by atoms with van der Waals surface area (Å²) in [7, 11) is 1.78. The van der Waals surface area contributed by atoms with E-state index in [1.165, 1.54) is 16.7 Å². The third-order valence-corrected chi connectivity index (χ3v) is 3.47. The van der Waals surface area contributed by atoms with Crippen LogP contribution in [-0.4, -0.2) is 25.8 Å². The number of aryl methyl sites for hydroxylation is 2. The van der Waals surface area contributed by atoms with Crippen molar-refractivity contribution >= 4 is 0 Å². The highest BCUT2D eigenvalue weighted by Crippen LogP contribution is 2.17. The number of rotatable bonds is 6. The first kappa shape index (κ1) is 14.2. The molecule has 0 saturated heterocycles. The minimum Gasteiger partial charge on any atom is -0.380 e. The molecule has 1 N–H and O–H groups in total. The zero-order chi connectivity index (χ0) is 12.8. The van der Waals surface area contributed by atoms with Crippen molar-refractivity contribution in [1.29, 1.82) is 0 Å². The Morgan fingerprint density at radius 2 is 1.82 bits per heavy atom. The van der Waals surface area contributed by atoms with E-state index < -0.39 is 0 Å². The van der Waals surface area contributed by atoms with Gasteiger partial charge in [-0.15, -0.1) is 0 Å². The molecule has 0 spiro atoms. The van der Waals surface area contributed by atoms with Crippen molar-refractivity contribution in [3.63, 3.8) is 0 Å². The number of hydrogen-bond donors (Lipinski definition) is 1. The summed E-state index contributed by atoms with van der Waals surface area (Å²) in [5, 5.41) is 3.51. The van der Waals surface area contributed by atoms with E-state index in [4.69, 9.17) is 4.74 Å². The summed E-state index contributed by atoms with van der Waals surface area (Å²) in [5.74, 6) is 0. The van der Waals surface area contributed by atoms with E-state index in [-0.39, 0.29) is 6.10 Å². The molecule has 2 unspecified atom stereocenters. The van der Waals surface area contributed by atoms with Crippen LogP contribution in [0.1, 0.15) is 30.5 Å². The average Bonchev–Trinajstić information content (AvgIpc) is 2.31. The Kier molecular flexibility index (Phi) is 5.66. The SMILES string of the molecule is CCNC(Cc1c(C)cccc1C)C(C)OC. The molecule has 0 aromatic heterocycles. The van der Waals surface area contributed by atoms with Gasteiger partial charge in [0.1, 0.15) is 0 Å². The maximum absolute atomic E-state index is 5.45. The lowest BCUT2D eigenvalue weighted by atomic mass is 9.94. The second kappa shape index (κ2) is 6.77. The lowest BCUT2D eigenvalue weighted by Gasteiger charge is -2.25. The summed E-state index contributed by atoms with van der Waals surface area (Å²) in [5.41, 5.74) is 4.19. The molecule has 0 radical (unpaired) electrons. The van der Waals surface area contributed by atoms with Crippen molar-refractivity contribution in [2.24, 2.45) is 0 Å². The van der Waals surface area contributed by atoms with Gasteiger partial charge in [0, 0.05) is 13.2 Å². The molecule has 0 heterocycles. The highest BCUT2D eigenvalue weighted by molar-refractivity contribution is 5.34. The van der Waals surface area contributed by atoms with Crippen LogP contribution >= 0.6 is 0 Å². The van der Waals surface area contributed by atoms with E-state index in [2.05, 4.69) is 51.2 Å². The summed E-state index contributed by atoms with van der Waals surface area (Å²) < 4.78 is 5.45. The van der Waals surface area contributed by atoms with E-state index in [0.717, 1.165) is 13.0 Å². The Hall–Kier alpha value is -0.860. The molecular weight excluding hydrogens is 210 g/mol. The maximum Gasteiger partial charge on any atom is 0.0699 e. The molecule has 0 aliphatic heterocycles. The van der Waals surface area contributed by atoms with Gasteiger partial charge in [-0.25, -0.2) is 0 Å². The maximum atomic E-state index is 5.45. The van der Waals surface area contributed by atoms with Gasteiger partial charge in [0.2, 0.25) is 0 Å². The zero-order valence-electron chi connectivity index (χ0n) is 11.7. The van der Waals surface area contributed by atoms with E-state index >= 15 is 0 Å². The fraction of sp³-hybridized carbons (Fsp3) is 0.600. The van der Waals surface area contributed by atoms with Gasteiger partial charge in [0.05, 0.1) is 6.10 Å². The van der Waals surface area contributed by atoms with Crippen LogP contribution in [0, 0.1) is 13.8 Å². The van der Waals surface area contributed by atoms with E-state index in [9.17, 15) is 0 Å². The monoisotopic (exact) mass is 235 g/mol. The first-order valence-electron chi connectivity index (χ1n) is 6.41. The van der Waals surface area contributed by atoms with Gasteiger partial charge in [0.25, 0.3) is 0 Å². The summed E-state index contributed by atoms with van der Waals surface area (Å²) >= 11 is 0. The number of benzene rings is 1. The molecule has 2 heteroatoms. The molecule has 96 valence electrons. The van der Waals surface area contributed by atoms with Gasteiger partial charge < -0.3 is 10.1 Å². The number of methoxy groups -OCH3 is 1. The van der Waals surface area contributed by atoms with E-state index in [0.29, 0.717) is 6.04 Å².